The van der Waals surface area contributed by atoms with Crippen LogP contribution in [0.5, 0.6) is 0 Å². The lowest BCUT2D eigenvalue weighted by atomic mass is 9.78. The number of benzene rings is 1. The van der Waals surface area contributed by atoms with Crippen LogP contribution in [0.2, 0.25) is 0 Å². The van der Waals surface area contributed by atoms with E-state index in [1.165, 1.54) is 12.5 Å². The number of hydrogen-bond acceptors (Lipinski definition) is 2. The van der Waals surface area contributed by atoms with E-state index in [-0.39, 0.29) is 11.3 Å². The van der Waals surface area contributed by atoms with Gasteiger partial charge in [0.1, 0.15) is 0 Å². The molecule has 3 rings (SSSR count). The Balaban J connectivity index is 2.01. The first-order chi connectivity index (χ1) is 9.65. The molecule has 3 N–H and O–H groups in total. The number of hydrogen-bond donors (Lipinski definition) is 2. The molecule has 1 aromatic heterocycles. The van der Waals surface area contributed by atoms with Crippen molar-refractivity contribution in [1.29, 1.82) is 0 Å². The zero-order valence-electron chi connectivity index (χ0n) is 11.3. The first-order valence-electron chi connectivity index (χ1n) is 7.06. The Morgan fingerprint density at radius 3 is 2.75 bits per heavy atom. The SMILES string of the molecule is NC(=O)C(CC1CCC1)c1cc(=O)c2ccccc2[nH]1. The minimum atomic E-state index is -0.391. The lowest BCUT2D eigenvalue weighted by Crippen LogP contribution is -2.27. The minimum absolute atomic E-state index is 0.0609. The molecule has 1 aliphatic carbocycles. The summed E-state index contributed by atoms with van der Waals surface area (Å²) in [6.45, 7) is 0. The molecule has 1 aromatic carbocycles. The maximum absolute atomic E-state index is 12.1. The summed E-state index contributed by atoms with van der Waals surface area (Å²) < 4.78 is 0. The number of fused-ring (bicyclic) bond motifs is 1. The molecule has 1 amide bonds. The fourth-order valence-electron chi connectivity index (χ4n) is 2.86. The third-order valence-corrected chi connectivity index (χ3v) is 4.27. The number of carbonyl (C=O) groups is 1. The van der Waals surface area contributed by atoms with Gasteiger partial charge in [-0.3, -0.25) is 9.59 Å². The van der Waals surface area contributed by atoms with Gasteiger partial charge in [-0.15, -0.1) is 0 Å². The fraction of sp³-hybridized carbons (Fsp3) is 0.375. The highest BCUT2D eigenvalue weighted by Gasteiger charge is 2.27. The molecule has 0 bridgehead atoms. The second-order valence-electron chi connectivity index (χ2n) is 5.62. The normalized spacial score (nSPS) is 16.8. The third kappa shape index (κ3) is 2.33. The van der Waals surface area contributed by atoms with E-state index in [2.05, 4.69) is 4.98 Å². The average Bonchev–Trinajstić information content (AvgIpc) is 2.37. The van der Waals surface area contributed by atoms with Crippen LogP contribution in [0.15, 0.2) is 35.1 Å². The number of pyridine rings is 1. The molecule has 1 aliphatic rings. The highest BCUT2D eigenvalue weighted by molar-refractivity contribution is 5.83. The first kappa shape index (κ1) is 12.9. The van der Waals surface area contributed by atoms with Crippen LogP contribution in [-0.4, -0.2) is 10.9 Å². The van der Waals surface area contributed by atoms with Gasteiger partial charge < -0.3 is 10.7 Å². The molecule has 1 saturated carbocycles. The van der Waals surface area contributed by atoms with Gasteiger partial charge in [0.25, 0.3) is 0 Å². The molecule has 2 aromatic rings. The van der Waals surface area contributed by atoms with Crippen LogP contribution in [0.1, 0.15) is 37.3 Å². The number of H-pyrrole nitrogens is 1. The van der Waals surface area contributed by atoms with Gasteiger partial charge in [0.05, 0.1) is 5.92 Å². The van der Waals surface area contributed by atoms with Crippen LogP contribution in [-0.2, 0) is 4.79 Å². The number of aromatic nitrogens is 1. The molecule has 0 radical (unpaired) electrons. The predicted molar refractivity (Wildman–Crippen MR) is 78.5 cm³/mol. The molecule has 4 nitrogen and oxygen atoms in total. The zero-order valence-corrected chi connectivity index (χ0v) is 11.3. The molecule has 0 saturated heterocycles. The molecule has 0 spiro atoms. The molecule has 20 heavy (non-hydrogen) atoms. The molecule has 1 atom stereocenters. The molecule has 4 heteroatoms. The van der Waals surface area contributed by atoms with E-state index in [0.29, 0.717) is 17.0 Å². The van der Waals surface area contributed by atoms with Crippen molar-refractivity contribution in [3.63, 3.8) is 0 Å². The standard InChI is InChI=1S/C16H18N2O2/c17-16(20)12(8-10-4-3-5-10)14-9-15(19)11-6-1-2-7-13(11)18-14/h1-2,6-7,9-10,12H,3-5,8H2,(H2,17,20)(H,18,19). The highest BCUT2D eigenvalue weighted by atomic mass is 16.1. The molecule has 1 fully saturated rings. The van der Waals surface area contributed by atoms with Gasteiger partial charge in [-0.05, 0) is 24.5 Å². The Hall–Kier alpha value is -2.10. The first-order valence-corrected chi connectivity index (χ1v) is 7.06. The molecule has 1 unspecified atom stereocenters. The molecule has 1 heterocycles. The predicted octanol–water partition coefficient (Wildman–Crippen LogP) is 2.29. The summed E-state index contributed by atoms with van der Waals surface area (Å²) in [5.41, 5.74) is 6.87. The van der Waals surface area contributed by atoms with Gasteiger partial charge in [0, 0.05) is 22.7 Å². The van der Waals surface area contributed by atoms with E-state index in [0.717, 1.165) is 24.8 Å². The van der Waals surface area contributed by atoms with Crippen LogP contribution < -0.4 is 11.2 Å². The fourth-order valence-corrected chi connectivity index (χ4v) is 2.86. The van der Waals surface area contributed by atoms with E-state index in [1.807, 2.05) is 18.2 Å². The summed E-state index contributed by atoms with van der Waals surface area (Å²) in [5, 5.41) is 0.642. The van der Waals surface area contributed by atoms with Crippen molar-refractivity contribution in [2.75, 3.05) is 0 Å². The molecule has 104 valence electrons. The summed E-state index contributed by atoms with van der Waals surface area (Å²) in [7, 11) is 0. The number of rotatable bonds is 4. The Kier molecular flexibility index (Phi) is 3.30. The number of aromatic amines is 1. The van der Waals surface area contributed by atoms with E-state index in [4.69, 9.17) is 5.73 Å². The van der Waals surface area contributed by atoms with E-state index in [9.17, 15) is 9.59 Å². The van der Waals surface area contributed by atoms with E-state index in [1.54, 1.807) is 6.07 Å². The second-order valence-corrected chi connectivity index (χ2v) is 5.62. The minimum Gasteiger partial charge on any atom is -0.369 e. The Labute approximate surface area is 117 Å². The quantitative estimate of drug-likeness (QED) is 0.894. The van der Waals surface area contributed by atoms with Gasteiger partial charge in [0.15, 0.2) is 5.43 Å². The third-order valence-electron chi connectivity index (χ3n) is 4.27. The Bertz CT molecular complexity index is 701. The number of para-hydroxylation sites is 1. The monoisotopic (exact) mass is 270 g/mol. The van der Waals surface area contributed by atoms with Crippen molar-refractivity contribution in [3.8, 4) is 0 Å². The number of nitrogens with two attached hydrogens (primary N) is 1. The van der Waals surface area contributed by atoms with Crippen LogP contribution in [0.4, 0.5) is 0 Å². The zero-order chi connectivity index (χ0) is 14.1. The number of nitrogens with one attached hydrogen (secondary N) is 1. The molecular weight excluding hydrogens is 252 g/mol. The van der Waals surface area contributed by atoms with E-state index >= 15 is 0 Å². The van der Waals surface area contributed by atoms with Gasteiger partial charge in [-0.1, -0.05) is 31.4 Å². The van der Waals surface area contributed by atoms with Crippen LogP contribution in [0.25, 0.3) is 10.9 Å². The maximum atomic E-state index is 12.1. The van der Waals surface area contributed by atoms with Gasteiger partial charge in [-0.25, -0.2) is 0 Å². The Morgan fingerprint density at radius 1 is 1.35 bits per heavy atom. The van der Waals surface area contributed by atoms with Crippen molar-refractivity contribution in [3.05, 3.63) is 46.2 Å². The lowest BCUT2D eigenvalue weighted by molar-refractivity contribution is -0.120. The van der Waals surface area contributed by atoms with Crippen molar-refractivity contribution < 1.29 is 4.79 Å². The van der Waals surface area contributed by atoms with Gasteiger partial charge >= 0.3 is 0 Å². The maximum Gasteiger partial charge on any atom is 0.226 e. The summed E-state index contributed by atoms with van der Waals surface area (Å²) >= 11 is 0. The summed E-state index contributed by atoms with van der Waals surface area (Å²) in [5.74, 6) is -0.192. The van der Waals surface area contributed by atoms with Crippen LogP contribution in [0, 0.1) is 5.92 Å². The number of amides is 1. The van der Waals surface area contributed by atoms with Crippen molar-refractivity contribution in [2.24, 2.45) is 11.7 Å². The lowest BCUT2D eigenvalue weighted by Gasteiger charge is -2.28. The number of carbonyl (C=O) groups excluding carboxylic acids is 1. The average molecular weight is 270 g/mol. The summed E-state index contributed by atoms with van der Waals surface area (Å²) in [6.07, 6.45) is 4.27. The van der Waals surface area contributed by atoms with Crippen molar-refractivity contribution in [1.82, 2.24) is 4.98 Å². The van der Waals surface area contributed by atoms with Crippen LogP contribution >= 0.6 is 0 Å². The van der Waals surface area contributed by atoms with Crippen molar-refractivity contribution in [2.45, 2.75) is 31.6 Å². The summed E-state index contributed by atoms with van der Waals surface area (Å²) in [6, 6.07) is 8.85. The topological polar surface area (TPSA) is 76.0 Å². The van der Waals surface area contributed by atoms with E-state index < -0.39 is 5.92 Å². The highest BCUT2D eigenvalue weighted by Crippen LogP contribution is 2.35. The van der Waals surface area contributed by atoms with Crippen molar-refractivity contribution >= 4 is 16.8 Å². The molecule has 0 aliphatic heterocycles. The molecular formula is C16H18N2O2. The largest absolute Gasteiger partial charge is 0.369 e. The van der Waals surface area contributed by atoms with Gasteiger partial charge in [0.2, 0.25) is 5.91 Å². The number of primary amides is 1. The Morgan fingerprint density at radius 2 is 2.10 bits per heavy atom. The second kappa shape index (κ2) is 5.12. The van der Waals surface area contributed by atoms with Gasteiger partial charge in [-0.2, -0.15) is 0 Å². The smallest absolute Gasteiger partial charge is 0.226 e. The summed E-state index contributed by atoms with van der Waals surface area (Å²) in [4.78, 5) is 27.0. The van der Waals surface area contributed by atoms with Crippen LogP contribution in [0.3, 0.4) is 0 Å².